The summed E-state index contributed by atoms with van der Waals surface area (Å²) in [7, 11) is 1.40. The van der Waals surface area contributed by atoms with Crippen LogP contribution < -0.4 is 5.32 Å². The Morgan fingerprint density at radius 2 is 2.03 bits per heavy atom. The molecule has 0 radical (unpaired) electrons. The van der Waals surface area contributed by atoms with E-state index in [0.717, 1.165) is 34.5 Å². The van der Waals surface area contributed by atoms with E-state index in [9.17, 15) is 9.59 Å². The highest BCUT2D eigenvalue weighted by atomic mass is 32.2. The van der Waals surface area contributed by atoms with Crippen molar-refractivity contribution in [3.8, 4) is 0 Å². The van der Waals surface area contributed by atoms with E-state index in [0.29, 0.717) is 24.0 Å². The van der Waals surface area contributed by atoms with Gasteiger partial charge < -0.3 is 15.0 Å². The molecule has 7 heteroatoms. The number of rotatable bonds is 6. The van der Waals surface area contributed by atoms with Crippen LogP contribution in [0.3, 0.4) is 0 Å². The van der Waals surface area contributed by atoms with Gasteiger partial charge in [-0.1, -0.05) is 55.4 Å². The highest BCUT2D eigenvalue weighted by Crippen LogP contribution is 2.46. The minimum atomic E-state index is -0.374. The zero-order chi connectivity index (χ0) is 22.2. The fraction of sp³-hybridized carbons (Fsp3) is 0.480. The molecule has 168 valence electrons. The summed E-state index contributed by atoms with van der Waals surface area (Å²) < 4.78 is 5.16. The summed E-state index contributed by atoms with van der Waals surface area (Å²) in [4.78, 5) is 32.7. The molecule has 0 unspecified atom stereocenters. The Labute approximate surface area is 193 Å². The van der Waals surface area contributed by atoms with Gasteiger partial charge in [-0.25, -0.2) is 9.79 Å². The molecule has 0 aromatic heterocycles. The van der Waals surface area contributed by atoms with Gasteiger partial charge in [0.1, 0.15) is 0 Å². The second-order valence-electron chi connectivity index (χ2n) is 9.04. The van der Waals surface area contributed by atoms with E-state index in [-0.39, 0.29) is 24.3 Å². The summed E-state index contributed by atoms with van der Waals surface area (Å²) in [6, 6.07) is 9.88. The minimum Gasteiger partial charge on any atom is -0.466 e. The predicted molar refractivity (Wildman–Crippen MR) is 125 cm³/mol. The minimum absolute atomic E-state index is 0.0485. The van der Waals surface area contributed by atoms with Crippen molar-refractivity contribution in [1.29, 1.82) is 0 Å². The molecule has 4 atom stereocenters. The van der Waals surface area contributed by atoms with Crippen LogP contribution in [0.25, 0.3) is 0 Å². The molecule has 1 aromatic carbocycles. The zero-order valence-corrected chi connectivity index (χ0v) is 19.4. The molecule has 2 bridgehead atoms. The Morgan fingerprint density at radius 3 is 2.69 bits per heavy atom. The SMILES string of the molecule is CCC1=C(C(=O)OC)[C@H](c2ccccc2)N2C(CC(=O)N[C@H]3C[C@H]4CC[C@H]3C4)=CSC2=N1. The number of nitrogens with zero attached hydrogens (tertiary/aromatic N) is 2. The molecule has 5 rings (SSSR count). The lowest BCUT2D eigenvalue weighted by atomic mass is 9.92. The number of aliphatic imine (C=N–C) groups is 1. The number of fused-ring (bicyclic) bond motifs is 3. The Hall–Kier alpha value is -2.54. The van der Waals surface area contributed by atoms with Crippen molar-refractivity contribution < 1.29 is 14.3 Å². The molecule has 2 heterocycles. The van der Waals surface area contributed by atoms with Gasteiger partial charge in [-0.05, 0) is 48.5 Å². The van der Waals surface area contributed by atoms with Crippen molar-refractivity contribution in [2.45, 2.75) is 57.5 Å². The Balaban J connectivity index is 1.42. The molecule has 0 saturated heterocycles. The maximum absolute atomic E-state index is 13.0. The average Bonchev–Trinajstić information content (AvgIpc) is 3.54. The van der Waals surface area contributed by atoms with Crippen LogP contribution in [-0.4, -0.2) is 35.1 Å². The second kappa shape index (κ2) is 8.77. The second-order valence-corrected chi connectivity index (χ2v) is 9.87. The van der Waals surface area contributed by atoms with Crippen molar-refractivity contribution in [3.63, 3.8) is 0 Å². The molecular weight excluding hydrogens is 422 g/mol. The summed E-state index contributed by atoms with van der Waals surface area (Å²) in [5.74, 6) is 1.10. The van der Waals surface area contributed by atoms with Gasteiger partial charge in [-0.3, -0.25) is 4.79 Å². The molecule has 2 fully saturated rings. The molecular formula is C25H29N3O3S. The van der Waals surface area contributed by atoms with Crippen LogP contribution in [0.5, 0.6) is 0 Å². The van der Waals surface area contributed by atoms with Crippen LogP contribution >= 0.6 is 11.8 Å². The fourth-order valence-corrected chi connectivity index (χ4v) is 6.64. The number of carbonyl (C=O) groups excluding carboxylic acids is 2. The third kappa shape index (κ3) is 3.76. The summed E-state index contributed by atoms with van der Waals surface area (Å²) in [6.45, 7) is 2.00. The van der Waals surface area contributed by atoms with E-state index in [1.807, 2.05) is 47.6 Å². The van der Waals surface area contributed by atoms with Crippen molar-refractivity contribution in [2.24, 2.45) is 16.8 Å². The van der Waals surface area contributed by atoms with Gasteiger partial charge in [0.2, 0.25) is 5.91 Å². The topological polar surface area (TPSA) is 71.0 Å². The van der Waals surface area contributed by atoms with Gasteiger partial charge >= 0.3 is 5.97 Å². The van der Waals surface area contributed by atoms with Crippen LogP contribution in [0.15, 0.2) is 57.7 Å². The first-order valence-electron chi connectivity index (χ1n) is 11.5. The van der Waals surface area contributed by atoms with Crippen LogP contribution in [0.2, 0.25) is 0 Å². The number of hydrogen-bond donors (Lipinski definition) is 1. The molecule has 1 aromatic rings. The van der Waals surface area contributed by atoms with Crippen molar-refractivity contribution in [2.75, 3.05) is 7.11 Å². The smallest absolute Gasteiger partial charge is 0.338 e. The van der Waals surface area contributed by atoms with Crippen LogP contribution in [0.4, 0.5) is 0 Å². The number of amides is 1. The summed E-state index contributed by atoms with van der Waals surface area (Å²) in [5, 5.41) is 6.11. The quantitative estimate of drug-likeness (QED) is 0.644. The van der Waals surface area contributed by atoms with E-state index < -0.39 is 0 Å². The number of nitrogens with one attached hydrogen (secondary N) is 1. The van der Waals surface area contributed by atoms with Crippen LogP contribution in [0.1, 0.15) is 57.1 Å². The number of benzene rings is 1. The first-order valence-corrected chi connectivity index (χ1v) is 12.4. The van der Waals surface area contributed by atoms with Gasteiger partial charge in [0.25, 0.3) is 0 Å². The van der Waals surface area contributed by atoms with Gasteiger partial charge in [0, 0.05) is 11.7 Å². The number of esters is 1. The number of allylic oxidation sites excluding steroid dienone is 1. The van der Waals surface area contributed by atoms with E-state index in [1.54, 1.807) is 0 Å². The van der Waals surface area contributed by atoms with Crippen molar-refractivity contribution >= 4 is 28.8 Å². The normalized spacial score (nSPS) is 28.4. The lowest BCUT2D eigenvalue weighted by molar-refractivity contribution is -0.136. The summed E-state index contributed by atoms with van der Waals surface area (Å²) in [6.07, 6.45) is 5.83. The molecule has 2 aliphatic heterocycles. The van der Waals surface area contributed by atoms with E-state index in [1.165, 1.54) is 38.1 Å². The van der Waals surface area contributed by atoms with Gasteiger partial charge in [-0.2, -0.15) is 0 Å². The third-order valence-electron chi connectivity index (χ3n) is 7.17. The highest BCUT2D eigenvalue weighted by molar-refractivity contribution is 8.16. The zero-order valence-electron chi connectivity index (χ0n) is 18.5. The third-order valence-corrected chi connectivity index (χ3v) is 8.06. The first-order chi connectivity index (χ1) is 15.6. The highest BCUT2D eigenvalue weighted by Gasteiger charge is 2.43. The largest absolute Gasteiger partial charge is 0.466 e. The molecule has 2 saturated carbocycles. The fourth-order valence-electron chi connectivity index (χ4n) is 5.71. The Bertz CT molecular complexity index is 1020. The average molecular weight is 452 g/mol. The standard InChI is InChI=1S/C25H29N3O3S/c1-3-19-22(24(30)31-2)23(16-7-5-4-6-8-16)28-18(14-32-25(28)27-19)13-21(29)26-20-12-15-9-10-17(20)11-15/h4-8,14-15,17,20,23H,3,9-13H2,1-2H3,(H,26,29)/t15-,17-,20-,23-/m0/s1. The van der Waals surface area contributed by atoms with Crippen molar-refractivity contribution in [3.05, 3.63) is 58.3 Å². The monoisotopic (exact) mass is 451 g/mol. The number of ether oxygens (including phenoxy) is 1. The maximum Gasteiger partial charge on any atom is 0.338 e. The predicted octanol–water partition coefficient (Wildman–Crippen LogP) is 4.52. The Kier molecular flexibility index (Phi) is 5.84. The van der Waals surface area contributed by atoms with E-state index >= 15 is 0 Å². The van der Waals surface area contributed by atoms with Gasteiger partial charge in [-0.15, -0.1) is 0 Å². The van der Waals surface area contributed by atoms with Crippen LogP contribution in [-0.2, 0) is 14.3 Å². The molecule has 32 heavy (non-hydrogen) atoms. The molecule has 6 nitrogen and oxygen atoms in total. The number of thioether (sulfide) groups is 1. The molecule has 4 aliphatic rings. The lowest BCUT2D eigenvalue weighted by Gasteiger charge is -2.36. The van der Waals surface area contributed by atoms with Crippen molar-refractivity contribution in [1.82, 2.24) is 10.2 Å². The number of amidine groups is 1. The first kappa shape index (κ1) is 21.3. The molecule has 1 amide bonds. The van der Waals surface area contributed by atoms with Gasteiger partial charge in [0.15, 0.2) is 5.17 Å². The Morgan fingerprint density at radius 1 is 1.22 bits per heavy atom. The van der Waals surface area contributed by atoms with Gasteiger partial charge in [0.05, 0.1) is 30.8 Å². The van der Waals surface area contributed by atoms with E-state index in [4.69, 9.17) is 9.73 Å². The maximum atomic E-state index is 13.0. The van der Waals surface area contributed by atoms with E-state index in [2.05, 4.69) is 5.32 Å². The molecule has 2 aliphatic carbocycles. The summed E-state index contributed by atoms with van der Waals surface area (Å²) in [5.41, 5.74) is 3.14. The number of methoxy groups -OCH3 is 1. The number of hydrogen-bond acceptors (Lipinski definition) is 6. The summed E-state index contributed by atoms with van der Waals surface area (Å²) >= 11 is 1.52. The number of carbonyl (C=O) groups is 2. The molecule has 0 spiro atoms. The lowest BCUT2D eigenvalue weighted by Crippen LogP contribution is -2.41. The molecule has 1 N–H and O–H groups in total. The van der Waals surface area contributed by atoms with Crippen LogP contribution in [0, 0.1) is 11.8 Å².